The van der Waals surface area contributed by atoms with Gasteiger partial charge in [0, 0.05) is 12.2 Å². The summed E-state index contributed by atoms with van der Waals surface area (Å²) in [5.74, 6) is 0.441. The lowest BCUT2D eigenvalue weighted by Gasteiger charge is -2.33. The predicted molar refractivity (Wildman–Crippen MR) is 110 cm³/mol. The molecule has 7 heteroatoms. The molecule has 29 heavy (non-hydrogen) atoms. The van der Waals surface area contributed by atoms with Gasteiger partial charge in [-0.1, -0.05) is 12.1 Å². The third-order valence-corrected chi connectivity index (χ3v) is 5.08. The number of benzene rings is 2. The van der Waals surface area contributed by atoms with E-state index >= 15 is 0 Å². The molecule has 1 N–H and O–H groups in total. The third kappa shape index (κ3) is 4.51. The van der Waals surface area contributed by atoms with Gasteiger partial charge >= 0.3 is 0 Å². The van der Waals surface area contributed by atoms with Crippen LogP contribution in [0.2, 0.25) is 0 Å². The van der Waals surface area contributed by atoms with Gasteiger partial charge in [-0.15, -0.1) is 0 Å². The summed E-state index contributed by atoms with van der Waals surface area (Å²) in [6, 6.07) is 11.1. The van der Waals surface area contributed by atoms with Crippen LogP contribution in [0.1, 0.15) is 21.5 Å². The van der Waals surface area contributed by atoms with Crippen LogP contribution in [0, 0.1) is 13.8 Å². The fourth-order valence-electron chi connectivity index (χ4n) is 3.26. The zero-order valence-electron chi connectivity index (χ0n) is 17.2. The maximum atomic E-state index is 12.7. The van der Waals surface area contributed by atoms with Crippen molar-refractivity contribution >= 4 is 17.5 Å². The molecule has 0 radical (unpaired) electrons. The highest BCUT2D eigenvalue weighted by molar-refractivity contribution is 6.00. The molecule has 1 heterocycles. The fourth-order valence-corrected chi connectivity index (χ4v) is 3.26. The fraction of sp³-hybridized carbons (Fsp3) is 0.364. The van der Waals surface area contributed by atoms with Crippen LogP contribution in [-0.2, 0) is 9.53 Å². The smallest absolute Gasteiger partial charge is 0.258 e. The number of methoxy groups -OCH3 is 2. The van der Waals surface area contributed by atoms with Crippen LogP contribution >= 0.6 is 0 Å². The quantitative estimate of drug-likeness (QED) is 0.809. The summed E-state index contributed by atoms with van der Waals surface area (Å²) < 4.78 is 16.2. The first-order chi connectivity index (χ1) is 13.9. The molecular weight excluding hydrogens is 372 g/mol. The van der Waals surface area contributed by atoms with E-state index in [2.05, 4.69) is 5.32 Å². The predicted octanol–water partition coefficient (Wildman–Crippen LogP) is 2.48. The molecule has 0 aliphatic carbocycles. The Kier molecular flexibility index (Phi) is 6.39. The number of aryl methyl sites for hydroxylation is 2. The molecule has 3 rings (SSSR count). The summed E-state index contributed by atoms with van der Waals surface area (Å²) in [4.78, 5) is 26.8. The molecule has 7 nitrogen and oxygen atoms in total. The van der Waals surface area contributed by atoms with Gasteiger partial charge in [-0.25, -0.2) is 0 Å². The molecule has 1 aliphatic rings. The van der Waals surface area contributed by atoms with E-state index in [4.69, 9.17) is 14.2 Å². The zero-order valence-corrected chi connectivity index (χ0v) is 17.2. The zero-order chi connectivity index (χ0) is 21.0. The number of ether oxygens (including phenoxy) is 3. The number of morpholine rings is 1. The van der Waals surface area contributed by atoms with E-state index in [9.17, 15) is 9.59 Å². The van der Waals surface area contributed by atoms with Crippen LogP contribution < -0.4 is 19.7 Å². The number of hydrogen-bond donors (Lipinski definition) is 1. The second-order valence-corrected chi connectivity index (χ2v) is 6.95. The minimum atomic E-state index is -0.322. The van der Waals surface area contributed by atoms with Gasteiger partial charge in [0.1, 0.15) is 23.7 Å². The average molecular weight is 398 g/mol. The van der Waals surface area contributed by atoms with Crippen LogP contribution in [0.15, 0.2) is 36.4 Å². The van der Waals surface area contributed by atoms with Gasteiger partial charge in [0.05, 0.1) is 26.9 Å². The number of hydrogen-bond acceptors (Lipinski definition) is 5. The summed E-state index contributed by atoms with van der Waals surface area (Å²) in [6.45, 7) is 4.65. The van der Waals surface area contributed by atoms with Crippen LogP contribution in [0.25, 0.3) is 0 Å². The van der Waals surface area contributed by atoms with E-state index in [0.29, 0.717) is 23.6 Å². The van der Waals surface area contributed by atoms with Crippen LogP contribution in [0.5, 0.6) is 11.5 Å². The highest BCUT2D eigenvalue weighted by Crippen LogP contribution is 2.28. The molecule has 154 valence electrons. The topological polar surface area (TPSA) is 77.1 Å². The van der Waals surface area contributed by atoms with Crippen molar-refractivity contribution in [3.63, 3.8) is 0 Å². The Labute approximate surface area is 170 Å². The molecule has 1 atom stereocenters. The largest absolute Gasteiger partial charge is 0.496 e. The summed E-state index contributed by atoms with van der Waals surface area (Å²) in [7, 11) is 3.01. The van der Waals surface area contributed by atoms with Crippen molar-refractivity contribution in [3.8, 4) is 11.5 Å². The second kappa shape index (κ2) is 8.96. The van der Waals surface area contributed by atoms with Gasteiger partial charge in [0.25, 0.3) is 11.8 Å². The van der Waals surface area contributed by atoms with Crippen molar-refractivity contribution in [2.75, 3.05) is 38.8 Å². The monoisotopic (exact) mass is 398 g/mol. The van der Waals surface area contributed by atoms with Crippen molar-refractivity contribution in [1.29, 1.82) is 0 Å². The normalized spacial score (nSPS) is 16.5. The van der Waals surface area contributed by atoms with Gasteiger partial charge in [0.15, 0.2) is 0 Å². The van der Waals surface area contributed by atoms with E-state index in [1.165, 1.54) is 19.8 Å². The summed E-state index contributed by atoms with van der Waals surface area (Å²) in [6.07, 6.45) is -0.320. The highest BCUT2D eigenvalue weighted by atomic mass is 16.5. The Morgan fingerprint density at radius 1 is 1.14 bits per heavy atom. The number of nitrogens with one attached hydrogen (secondary N) is 1. The Morgan fingerprint density at radius 2 is 1.83 bits per heavy atom. The minimum absolute atomic E-state index is 0.0224. The maximum absolute atomic E-state index is 12.7. The van der Waals surface area contributed by atoms with Gasteiger partial charge < -0.3 is 24.4 Å². The van der Waals surface area contributed by atoms with Crippen molar-refractivity contribution in [3.05, 3.63) is 53.1 Å². The lowest BCUT2D eigenvalue weighted by atomic mass is 10.1. The number of carbonyl (C=O) groups excluding carboxylic acids is 2. The molecule has 2 aromatic rings. The van der Waals surface area contributed by atoms with Gasteiger partial charge in [-0.3, -0.25) is 9.59 Å². The molecule has 1 aliphatic heterocycles. The van der Waals surface area contributed by atoms with Crippen molar-refractivity contribution in [1.82, 2.24) is 5.32 Å². The first kappa shape index (κ1) is 20.7. The first-order valence-corrected chi connectivity index (χ1v) is 9.43. The highest BCUT2D eigenvalue weighted by Gasteiger charge is 2.28. The lowest BCUT2D eigenvalue weighted by molar-refractivity contribution is -0.129. The molecule has 0 aromatic heterocycles. The molecule has 1 saturated heterocycles. The van der Waals surface area contributed by atoms with E-state index < -0.39 is 0 Å². The standard InChI is InChI=1S/C22H26N2O5/c1-14-8-9-16(10-15(14)2)24-12-17(29-13-20(24)25)11-23-22(26)21-18(27-3)6-5-7-19(21)28-4/h5-10,17H,11-13H2,1-4H3,(H,23,26). The molecule has 0 spiro atoms. The number of carbonyl (C=O) groups is 2. The molecule has 0 saturated carbocycles. The van der Waals surface area contributed by atoms with E-state index in [1.807, 2.05) is 32.0 Å². The Balaban J connectivity index is 1.69. The van der Waals surface area contributed by atoms with E-state index in [0.717, 1.165) is 11.3 Å². The lowest BCUT2D eigenvalue weighted by Crippen LogP contribution is -2.50. The third-order valence-electron chi connectivity index (χ3n) is 5.08. The van der Waals surface area contributed by atoms with Crippen LogP contribution in [0.3, 0.4) is 0 Å². The number of anilines is 1. The van der Waals surface area contributed by atoms with Crippen molar-refractivity contribution < 1.29 is 23.8 Å². The SMILES string of the molecule is COc1cccc(OC)c1C(=O)NCC1CN(c2ccc(C)c(C)c2)C(=O)CO1. The average Bonchev–Trinajstić information content (AvgIpc) is 2.74. The summed E-state index contributed by atoms with van der Waals surface area (Å²) in [5, 5.41) is 2.86. The van der Waals surface area contributed by atoms with E-state index in [1.54, 1.807) is 23.1 Å². The van der Waals surface area contributed by atoms with Gasteiger partial charge in [-0.05, 0) is 49.2 Å². The first-order valence-electron chi connectivity index (χ1n) is 9.43. The Bertz CT molecular complexity index is 890. The van der Waals surface area contributed by atoms with Crippen LogP contribution in [-0.4, -0.2) is 51.8 Å². The van der Waals surface area contributed by atoms with Crippen molar-refractivity contribution in [2.24, 2.45) is 0 Å². The second-order valence-electron chi connectivity index (χ2n) is 6.95. The summed E-state index contributed by atoms with van der Waals surface area (Å²) in [5.41, 5.74) is 3.46. The van der Waals surface area contributed by atoms with E-state index in [-0.39, 0.29) is 31.1 Å². The van der Waals surface area contributed by atoms with Gasteiger partial charge in [-0.2, -0.15) is 0 Å². The van der Waals surface area contributed by atoms with Gasteiger partial charge in [0.2, 0.25) is 0 Å². The number of amides is 2. The molecule has 1 unspecified atom stereocenters. The molecule has 2 aromatic carbocycles. The van der Waals surface area contributed by atoms with Crippen molar-refractivity contribution in [2.45, 2.75) is 20.0 Å². The van der Waals surface area contributed by atoms with Crippen LogP contribution in [0.4, 0.5) is 5.69 Å². The Morgan fingerprint density at radius 3 is 2.45 bits per heavy atom. The molecule has 2 amide bonds. The minimum Gasteiger partial charge on any atom is -0.496 e. The maximum Gasteiger partial charge on any atom is 0.258 e. The number of rotatable bonds is 6. The molecule has 0 bridgehead atoms. The Hall–Kier alpha value is -3.06. The number of nitrogens with zero attached hydrogens (tertiary/aromatic N) is 1. The molecular formula is C22H26N2O5. The molecule has 1 fully saturated rings. The summed E-state index contributed by atoms with van der Waals surface area (Å²) >= 11 is 0.